The number of anilines is 1. The molecule has 0 atom stereocenters. The van der Waals surface area contributed by atoms with Gasteiger partial charge in [-0.1, -0.05) is 36.4 Å². The first-order valence-electron chi connectivity index (χ1n) is 9.74. The van der Waals surface area contributed by atoms with Crippen LogP contribution in [0.15, 0.2) is 71.7 Å². The molecular weight excluding hydrogens is 410 g/mol. The number of hydrogen-bond acceptors (Lipinski definition) is 5. The molecule has 0 saturated heterocycles. The van der Waals surface area contributed by atoms with Gasteiger partial charge in [-0.15, -0.1) is 11.3 Å². The second-order valence-electron chi connectivity index (χ2n) is 7.10. The third-order valence-electron chi connectivity index (χ3n) is 4.53. The number of amides is 1. The Morgan fingerprint density at radius 1 is 1.16 bits per heavy atom. The summed E-state index contributed by atoms with van der Waals surface area (Å²) in [5.74, 6) is 0.252. The van der Waals surface area contributed by atoms with Gasteiger partial charge in [0, 0.05) is 23.2 Å². The van der Waals surface area contributed by atoms with Crippen molar-refractivity contribution in [2.24, 2.45) is 0 Å². The molecule has 4 rings (SSSR count). The summed E-state index contributed by atoms with van der Waals surface area (Å²) < 4.78 is 7.44. The van der Waals surface area contributed by atoms with Crippen molar-refractivity contribution in [3.8, 4) is 5.75 Å². The van der Waals surface area contributed by atoms with Gasteiger partial charge < -0.3 is 10.1 Å². The lowest BCUT2D eigenvalue weighted by Gasteiger charge is -2.12. The monoisotopic (exact) mass is 431 g/mol. The largest absolute Gasteiger partial charge is 0.485 e. The van der Waals surface area contributed by atoms with E-state index in [1.807, 2.05) is 56.3 Å². The smallest absolute Gasteiger partial charge is 0.258 e. The maximum Gasteiger partial charge on any atom is 0.258 e. The highest BCUT2D eigenvalue weighted by Gasteiger charge is 2.10. The Bertz CT molecular complexity index is 1320. The summed E-state index contributed by atoms with van der Waals surface area (Å²) in [6.07, 6.45) is 5.01. The molecule has 7 heteroatoms. The molecule has 4 aromatic rings. The van der Waals surface area contributed by atoms with Gasteiger partial charge in [0.05, 0.1) is 11.4 Å². The number of ether oxygens (including phenoxy) is 1. The van der Waals surface area contributed by atoms with E-state index in [0.717, 1.165) is 16.0 Å². The summed E-state index contributed by atoms with van der Waals surface area (Å²) in [5.41, 5.74) is 2.88. The van der Waals surface area contributed by atoms with Crippen molar-refractivity contribution in [2.75, 3.05) is 5.32 Å². The second kappa shape index (κ2) is 8.97. The number of aryl methyl sites for hydroxylation is 2. The summed E-state index contributed by atoms with van der Waals surface area (Å²) in [5, 5.41) is 2.87. The van der Waals surface area contributed by atoms with Crippen molar-refractivity contribution in [1.82, 2.24) is 9.38 Å². The van der Waals surface area contributed by atoms with Crippen molar-refractivity contribution < 1.29 is 9.53 Å². The molecule has 0 bridgehead atoms. The number of carbonyl (C=O) groups is 1. The third-order valence-corrected chi connectivity index (χ3v) is 5.43. The van der Waals surface area contributed by atoms with Crippen molar-refractivity contribution in [2.45, 2.75) is 20.5 Å². The predicted octanol–water partition coefficient (Wildman–Crippen LogP) is 4.60. The number of rotatable bonds is 6. The number of hydrogen-bond donors (Lipinski definition) is 1. The molecule has 0 aliphatic rings. The number of aromatic nitrogens is 2. The molecule has 0 radical (unpaired) electrons. The van der Waals surface area contributed by atoms with Crippen LogP contribution in [0.1, 0.15) is 21.7 Å². The van der Waals surface area contributed by atoms with Gasteiger partial charge in [-0.2, -0.15) is 0 Å². The van der Waals surface area contributed by atoms with Crippen LogP contribution in [0, 0.1) is 13.8 Å². The highest BCUT2D eigenvalue weighted by Crippen LogP contribution is 2.26. The Balaban J connectivity index is 1.50. The first-order valence-corrected chi connectivity index (χ1v) is 10.6. The summed E-state index contributed by atoms with van der Waals surface area (Å²) in [6, 6.07) is 16.6. The third kappa shape index (κ3) is 5.07. The van der Waals surface area contributed by atoms with Crippen molar-refractivity contribution in [3.63, 3.8) is 0 Å². The maximum atomic E-state index is 12.4. The van der Waals surface area contributed by atoms with E-state index in [-0.39, 0.29) is 18.1 Å². The van der Waals surface area contributed by atoms with Crippen LogP contribution in [0.4, 0.5) is 5.69 Å². The van der Waals surface area contributed by atoms with Crippen molar-refractivity contribution in [3.05, 3.63) is 98.9 Å². The van der Waals surface area contributed by atoms with Crippen LogP contribution in [0.3, 0.4) is 0 Å². The minimum Gasteiger partial charge on any atom is -0.485 e. The minimum absolute atomic E-state index is 0.120. The molecule has 2 heterocycles. The molecular formula is C24H21N3O3S. The zero-order chi connectivity index (χ0) is 21.8. The zero-order valence-corrected chi connectivity index (χ0v) is 18.0. The van der Waals surface area contributed by atoms with E-state index in [9.17, 15) is 9.59 Å². The van der Waals surface area contributed by atoms with E-state index in [1.165, 1.54) is 27.9 Å². The lowest BCUT2D eigenvalue weighted by atomic mass is 10.2. The first kappa shape index (κ1) is 20.6. The zero-order valence-electron chi connectivity index (χ0n) is 17.2. The Morgan fingerprint density at radius 3 is 2.77 bits per heavy atom. The molecule has 1 N–H and O–H groups in total. The van der Waals surface area contributed by atoms with Crippen molar-refractivity contribution in [1.29, 1.82) is 0 Å². The number of fused-ring (bicyclic) bond motifs is 1. The molecule has 156 valence electrons. The molecule has 2 aromatic carbocycles. The number of carbonyl (C=O) groups excluding carboxylic acids is 1. The van der Waals surface area contributed by atoms with Gasteiger partial charge in [0.1, 0.15) is 12.4 Å². The highest BCUT2D eigenvalue weighted by molar-refractivity contribution is 7.16. The fourth-order valence-electron chi connectivity index (χ4n) is 3.06. The van der Waals surface area contributed by atoms with E-state index >= 15 is 0 Å². The summed E-state index contributed by atoms with van der Waals surface area (Å²) in [6.45, 7) is 3.99. The van der Waals surface area contributed by atoms with E-state index in [1.54, 1.807) is 18.3 Å². The van der Waals surface area contributed by atoms with Gasteiger partial charge in [0.15, 0.2) is 4.96 Å². The number of thiazole rings is 1. The summed E-state index contributed by atoms with van der Waals surface area (Å²) in [7, 11) is 0. The van der Waals surface area contributed by atoms with E-state index in [4.69, 9.17) is 4.74 Å². The summed E-state index contributed by atoms with van der Waals surface area (Å²) >= 11 is 1.45. The van der Waals surface area contributed by atoms with Crippen LogP contribution in [-0.2, 0) is 11.4 Å². The van der Waals surface area contributed by atoms with Crippen LogP contribution < -0.4 is 15.6 Å². The average Bonchev–Trinajstić information content (AvgIpc) is 3.13. The topological polar surface area (TPSA) is 72.7 Å². The Kier molecular flexibility index (Phi) is 5.95. The predicted molar refractivity (Wildman–Crippen MR) is 124 cm³/mol. The average molecular weight is 432 g/mol. The van der Waals surface area contributed by atoms with Crippen LogP contribution in [0.25, 0.3) is 11.0 Å². The lowest BCUT2D eigenvalue weighted by Crippen LogP contribution is -2.14. The molecule has 1 amide bonds. The van der Waals surface area contributed by atoms with E-state index in [2.05, 4.69) is 10.3 Å². The fourth-order valence-corrected chi connectivity index (χ4v) is 3.91. The maximum absolute atomic E-state index is 12.4. The van der Waals surface area contributed by atoms with Gasteiger partial charge in [0.25, 0.3) is 5.56 Å². The van der Waals surface area contributed by atoms with Gasteiger partial charge in [-0.3, -0.25) is 14.0 Å². The Morgan fingerprint density at radius 2 is 1.97 bits per heavy atom. The number of nitrogens with one attached hydrogen (secondary N) is 1. The van der Waals surface area contributed by atoms with Gasteiger partial charge in [-0.25, -0.2) is 4.98 Å². The molecule has 31 heavy (non-hydrogen) atoms. The van der Waals surface area contributed by atoms with Crippen LogP contribution in [0.2, 0.25) is 0 Å². The quantitative estimate of drug-likeness (QED) is 0.453. The molecule has 0 saturated carbocycles. The Hall–Kier alpha value is -3.71. The van der Waals surface area contributed by atoms with Gasteiger partial charge >= 0.3 is 0 Å². The molecule has 0 fully saturated rings. The number of nitrogens with zero attached hydrogens (tertiary/aromatic N) is 2. The molecule has 0 spiro atoms. The lowest BCUT2D eigenvalue weighted by molar-refractivity contribution is -0.111. The summed E-state index contributed by atoms with van der Waals surface area (Å²) in [4.78, 5) is 30.8. The normalized spacial score (nSPS) is 11.2. The standard InChI is InChI=1S/C24H21N3O3S/c1-16-8-10-21(20(12-16)26-22(28)11-9-18-6-4-3-5-7-18)30-15-19-13-23(29)27-14-17(2)31-24(27)25-19/h3-14H,15H2,1-2H3,(H,26,28)/b11-9+. The van der Waals surface area contributed by atoms with Crippen LogP contribution in [-0.4, -0.2) is 15.3 Å². The van der Waals surface area contributed by atoms with Crippen LogP contribution in [0.5, 0.6) is 5.75 Å². The molecule has 0 aliphatic heterocycles. The molecule has 2 aromatic heterocycles. The Labute approximate surface area is 183 Å². The highest BCUT2D eigenvalue weighted by atomic mass is 32.1. The molecule has 0 unspecified atom stereocenters. The number of benzene rings is 2. The SMILES string of the molecule is Cc1ccc(OCc2cc(=O)n3cc(C)sc3n2)c(NC(=O)/C=C/c2ccccc2)c1. The van der Waals surface area contributed by atoms with E-state index < -0.39 is 0 Å². The minimum atomic E-state index is -0.258. The fraction of sp³-hybridized carbons (Fsp3) is 0.125. The van der Waals surface area contributed by atoms with Crippen LogP contribution >= 0.6 is 11.3 Å². The van der Waals surface area contributed by atoms with Gasteiger partial charge in [-0.05, 0) is 43.2 Å². The molecule has 0 aliphatic carbocycles. The van der Waals surface area contributed by atoms with Crippen molar-refractivity contribution >= 4 is 34.0 Å². The van der Waals surface area contributed by atoms with E-state index in [0.29, 0.717) is 22.1 Å². The van der Waals surface area contributed by atoms with Gasteiger partial charge in [0.2, 0.25) is 5.91 Å². The second-order valence-corrected chi connectivity index (χ2v) is 8.31. The molecule has 6 nitrogen and oxygen atoms in total. The first-order chi connectivity index (χ1) is 15.0.